The molecule has 17 heavy (non-hydrogen) atoms. The van der Waals surface area contributed by atoms with Gasteiger partial charge in [-0.15, -0.1) is 0 Å². The Hall–Kier alpha value is -1.02. The summed E-state index contributed by atoms with van der Waals surface area (Å²) < 4.78 is 0. The Morgan fingerprint density at radius 2 is 1.59 bits per heavy atom. The highest BCUT2D eigenvalue weighted by molar-refractivity contribution is 5.46. The molecule has 1 spiro atoms. The first-order valence-corrected chi connectivity index (χ1v) is 6.89. The highest BCUT2D eigenvalue weighted by atomic mass is 15.1. The van der Waals surface area contributed by atoms with E-state index in [-0.39, 0.29) is 0 Å². The quantitative estimate of drug-likeness (QED) is 0.801. The van der Waals surface area contributed by atoms with E-state index < -0.39 is 0 Å². The average Bonchev–Trinajstić information content (AvgIpc) is 2.40. The largest absolute Gasteiger partial charge is 0.371 e. The molecule has 2 heteroatoms. The van der Waals surface area contributed by atoms with Gasteiger partial charge in [-0.1, -0.05) is 32.0 Å². The molecule has 2 saturated heterocycles. The second kappa shape index (κ2) is 5.54. The van der Waals surface area contributed by atoms with Gasteiger partial charge in [0.05, 0.1) is 0 Å². The second-order valence-corrected chi connectivity index (χ2v) is 4.93. The summed E-state index contributed by atoms with van der Waals surface area (Å²) in [4.78, 5) is 2.52. The standard InChI is InChI=1S/C13H18N2.C2H6/c1-2-4-12(5-3-1)15-8-6-13(7-9-15)10-14-11-13;1-2/h1-5,14H,6-11H2;1-2H3. The van der Waals surface area contributed by atoms with Crippen LogP contribution in [0.3, 0.4) is 0 Å². The Bertz CT molecular complexity index is 320. The molecule has 0 amide bonds. The van der Waals surface area contributed by atoms with Gasteiger partial charge in [0.25, 0.3) is 0 Å². The summed E-state index contributed by atoms with van der Waals surface area (Å²) in [6.45, 7) is 8.95. The van der Waals surface area contributed by atoms with Crippen LogP contribution in [0.5, 0.6) is 0 Å². The normalized spacial score (nSPS) is 21.4. The summed E-state index contributed by atoms with van der Waals surface area (Å²) in [6.07, 6.45) is 2.71. The number of anilines is 1. The molecule has 0 unspecified atom stereocenters. The van der Waals surface area contributed by atoms with Gasteiger partial charge in [0.15, 0.2) is 0 Å². The number of hydrogen-bond donors (Lipinski definition) is 1. The van der Waals surface area contributed by atoms with Crippen molar-refractivity contribution in [2.24, 2.45) is 5.41 Å². The molecule has 0 aromatic heterocycles. The predicted octanol–water partition coefficient (Wildman–Crippen LogP) is 2.90. The summed E-state index contributed by atoms with van der Waals surface area (Å²) in [5, 5.41) is 3.41. The van der Waals surface area contributed by atoms with E-state index in [0.717, 1.165) is 0 Å². The fourth-order valence-corrected chi connectivity index (χ4v) is 2.71. The van der Waals surface area contributed by atoms with Crippen LogP contribution in [-0.4, -0.2) is 26.2 Å². The molecule has 1 aromatic carbocycles. The predicted molar refractivity (Wildman–Crippen MR) is 74.5 cm³/mol. The molecule has 0 bridgehead atoms. The Labute approximate surface area is 105 Å². The van der Waals surface area contributed by atoms with Crippen molar-refractivity contribution in [1.29, 1.82) is 0 Å². The Kier molecular flexibility index (Phi) is 4.06. The molecule has 1 N–H and O–H groups in total. The number of rotatable bonds is 1. The molecule has 3 rings (SSSR count). The summed E-state index contributed by atoms with van der Waals surface area (Å²) in [5.41, 5.74) is 2.05. The first kappa shape index (κ1) is 12.4. The molecule has 2 nitrogen and oxygen atoms in total. The van der Waals surface area contributed by atoms with Crippen LogP contribution in [0.2, 0.25) is 0 Å². The molecule has 0 radical (unpaired) electrons. The highest BCUT2D eigenvalue weighted by Gasteiger charge is 2.39. The van der Waals surface area contributed by atoms with Crippen LogP contribution >= 0.6 is 0 Å². The maximum atomic E-state index is 3.41. The zero-order valence-corrected chi connectivity index (χ0v) is 11.1. The molecule has 94 valence electrons. The maximum absolute atomic E-state index is 3.41. The fraction of sp³-hybridized carbons (Fsp3) is 0.600. The van der Waals surface area contributed by atoms with Crippen LogP contribution < -0.4 is 10.2 Å². The van der Waals surface area contributed by atoms with Gasteiger partial charge < -0.3 is 10.2 Å². The summed E-state index contributed by atoms with van der Waals surface area (Å²) >= 11 is 0. The smallest absolute Gasteiger partial charge is 0.0366 e. The second-order valence-electron chi connectivity index (χ2n) is 4.93. The number of nitrogens with zero attached hydrogens (tertiary/aromatic N) is 1. The summed E-state index contributed by atoms with van der Waals surface area (Å²) in [5.74, 6) is 0. The van der Waals surface area contributed by atoms with Crippen LogP contribution in [0.1, 0.15) is 26.7 Å². The van der Waals surface area contributed by atoms with E-state index >= 15 is 0 Å². The highest BCUT2D eigenvalue weighted by Crippen LogP contribution is 2.36. The van der Waals surface area contributed by atoms with Crippen LogP contribution in [0.15, 0.2) is 30.3 Å². The molecule has 2 fully saturated rings. The van der Waals surface area contributed by atoms with Crippen molar-refractivity contribution >= 4 is 5.69 Å². The van der Waals surface area contributed by atoms with Crippen LogP contribution in [0.4, 0.5) is 5.69 Å². The van der Waals surface area contributed by atoms with Crippen molar-refractivity contribution in [1.82, 2.24) is 5.32 Å². The van der Waals surface area contributed by atoms with Crippen molar-refractivity contribution in [2.75, 3.05) is 31.1 Å². The Morgan fingerprint density at radius 3 is 2.06 bits per heavy atom. The molecule has 0 atom stereocenters. The van der Waals surface area contributed by atoms with Crippen LogP contribution in [0, 0.1) is 5.41 Å². The zero-order valence-electron chi connectivity index (χ0n) is 11.1. The minimum Gasteiger partial charge on any atom is -0.371 e. The topological polar surface area (TPSA) is 15.3 Å². The number of para-hydroxylation sites is 1. The van der Waals surface area contributed by atoms with Gasteiger partial charge in [-0.2, -0.15) is 0 Å². The average molecular weight is 232 g/mol. The van der Waals surface area contributed by atoms with Crippen molar-refractivity contribution in [3.8, 4) is 0 Å². The molecule has 2 heterocycles. The number of piperidine rings is 1. The van der Waals surface area contributed by atoms with Gasteiger partial charge in [-0.05, 0) is 30.4 Å². The van der Waals surface area contributed by atoms with E-state index in [4.69, 9.17) is 0 Å². The number of benzene rings is 1. The van der Waals surface area contributed by atoms with Gasteiger partial charge in [-0.3, -0.25) is 0 Å². The van der Waals surface area contributed by atoms with Crippen molar-refractivity contribution in [3.63, 3.8) is 0 Å². The molecule has 1 aromatic rings. The van der Waals surface area contributed by atoms with Crippen LogP contribution in [-0.2, 0) is 0 Å². The monoisotopic (exact) mass is 232 g/mol. The first-order chi connectivity index (χ1) is 8.38. The molecule has 0 aliphatic carbocycles. The molecule has 2 aliphatic heterocycles. The van der Waals surface area contributed by atoms with E-state index in [1.807, 2.05) is 13.8 Å². The van der Waals surface area contributed by atoms with Crippen LogP contribution in [0.25, 0.3) is 0 Å². The lowest BCUT2D eigenvalue weighted by Gasteiger charge is -2.48. The fourth-order valence-electron chi connectivity index (χ4n) is 2.71. The lowest BCUT2D eigenvalue weighted by molar-refractivity contribution is 0.126. The van der Waals surface area contributed by atoms with Gasteiger partial charge in [0.2, 0.25) is 0 Å². The molecular weight excluding hydrogens is 208 g/mol. The van der Waals surface area contributed by atoms with E-state index in [1.165, 1.54) is 44.7 Å². The van der Waals surface area contributed by atoms with E-state index in [0.29, 0.717) is 5.41 Å². The third-order valence-corrected chi connectivity index (χ3v) is 3.95. The minimum absolute atomic E-state index is 0.658. The van der Waals surface area contributed by atoms with Gasteiger partial charge in [0.1, 0.15) is 0 Å². The van der Waals surface area contributed by atoms with E-state index in [9.17, 15) is 0 Å². The molecule has 0 saturated carbocycles. The van der Waals surface area contributed by atoms with Crippen molar-refractivity contribution in [2.45, 2.75) is 26.7 Å². The minimum atomic E-state index is 0.658. The number of nitrogens with one attached hydrogen (secondary N) is 1. The van der Waals surface area contributed by atoms with E-state index in [2.05, 4.69) is 40.5 Å². The zero-order chi connectivity index (χ0) is 12.1. The number of hydrogen-bond acceptors (Lipinski definition) is 2. The van der Waals surface area contributed by atoms with Gasteiger partial charge >= 0.3 is 0 Å². The summed E-state index contributed by atoms with van der Waals surface area (Å²) in [6, 6.07) is 10.8. The van der Waals surface area contributed by atoms with Crippen molar-refractivity contribution < 1.29 is 0 Å². The first-order valence-electron chi connectivity index (χ1n) is 6.89. The lowest BCUT2D eigenvalue weighted by atomic mass is 9.73. The van der Waals surface area contributed by atoms with Gasteiger partial charge in [0, 0.05) is 31.9 Å². The van der Waals surface area contributed by atoms with Crippen molar-refractivity contribution in [3.05, 3.63) is 30.3 Å². The third kappa shape index (κ3) is 2.63. The Balaban J connectivity index is 0.000000514. The summed E-state index contributed by atoms with van der Waals surface area (Å²) in [7, 11) is 0. The SMILES string of the molecule is CC.c1ccc(N2CCC3(CC2)CNC3)cc1. The molecular formula is C15H24N2. The van der Waals surface area contributed by atoms with E-state index in [1.54, 1.807) is 0 Å². The lowest BCUT2D eigenvalue weighted by Crippen LogP contribution is -2.58. The third-order valence-electron chi connectivity index (χ3n) is 3.95. The molecule has 2 aliphatic rings. The maximum Gasteiger partial charge on any atom is 0.0366 e. The van der Waals surface area contributed by atoms with Gasteiger partial charge in [-0.25, -0.2) is 0 Å². The Morgan fingerprint density at radius 1 is 1.00 bits per heavy atom.